The molecular weight excluding hydrogens is 295 g/mol. The van der Waals surface area contributed by atoms with Crippen molar-refractivity contribution in [2.45, 2.75) is 25.8 Å². The minimum atomic E-state index is -0.132. The molecule has 1 aliphatic heterocycles. The SMILES string of the molecule is Fc1ccc(Br)cc1CNCCC1CCNCC1. The van der Waals surface area contributed by atoms with Crippen LogP contribution < -0.4 is 10.6 Å². The van der Waals surface area contributed by atoms with Crippen LogP contribution in [0.1, 0.15) is 24.8 Å². The molecule has 1 heterocycles. The van der Waals surface area contributed by atoms with Gasteiger partial charge in [-0.2, -0.15) is 0 Å². The third-order valence-electron chi connectivity index (χ3n) is 3.51. The van der Waals surface area contributed by atoms with Crippen molar-refractivity contribution < 1.29 is 4.39 Å². The average Bonchev–Trinajstić information content (AvgIpc) is 2.40. The number of piperidine rings is 1. The number of rotatable bonds is 5. The first-order chi connectivity index (χ1) is 8.75. The van der Waals surface area contributed by atoms with Crippen LogP contribution in [-0.2, 0) is 6.54 Å². The normalized spacial score (nSPS) is 17.0. The van der Waals surface area contributed by atoms with Gasteiger partial charge in [-0.25, -0.2) is 4.39 Å². The zero-order valence-electron chi connectivity index (χ0n) is 10.5. The van der Waals surface area contributed by atoms with Gasteiger partial charge in [-0.3, -0.25) is 0 Å². The van der Waals surface area contributed by atoms with Gasteiger partial charge in [0.25, 0.3) is 0 Å². The molecule has 4 heteroatoms. The van der Waals surface area contributed by atoms with Gasteiger partial charge in [0.1, 0.15) is 5.82 Å². The number of benzene rings is 1. The van der Waals surface area contributed by atoms with Crippen molar-refractivity contribution in [2.24, 2.45) is 5.92 Å². The highest BCUT2D eigenvalue weighted by Crippen LogP contribution is 2.16. The van der Waals surface area contributed by atoms with Crippen LogP contribution in [-0.4, -0.2) is 19.6 Å². The van der Waals surface area contributed by atoms with Crippen LogP contribution >= 0.6 is 15.9 Å². The molecule has 2 rings (SSSR count). The Kier molecular flexibility index (Phi) is 5.60. The Balaban J connectivity index is 1.69. The minimum Gasteiger partial charge on any atom is -0.317 e. The molecule has 0 bridgehead atoms. The first-order valence-corrected chi connectivity index (χ1v) is 7.40. The second-order valence-corrected chi connectivity index (χ2v) is 5.81. The van der Waals surface area contributed by atoms with E-state index in [0.29, 0.717) is 6.54 Å². The summed E-state index contributed by atoms with van der Waals surface area (Å²) in [6.45, 7) is 3.86. The Bertz CT molecular complexity index is 378. The quantitative estimate of drug-likeness (QED) is 0.816. The number of halogens is 2. The predicted octanol–water partition coefficient (Wildman–Crippen LogP) is 3.07. The molecule has 1 aromatic carbocycles. The van der Waals surface area contributed by atoms with Crippen molar-refractivity contribution in [3.8, 4) is 0 Å². The van der Waals surface area contributed by atoms with Crippen LogP contribution in [0, 0.1) is 11.7 Å². The number of hydrogen-bond acceptors (Lipinski definition) is 2. The van der Waals surface area contributed by atoms with Crippen molar-refractivity contribution in [3.05, 3.63) is 34.1 Å². The summed E-state index contributed by atoms with van der Waals surface area (Å²) < 4.78 is 14.4. The fraction of sp³-hybridized carbons (Fsp3) is 0.571. The Morgan fingerprint density at radius 1 is 1.33 bits per heavy atom. The van der Waals surface area contributed by atoms with Gasteiger partial charge in [0.15, 0.2) is 0 Å². The molecule has 1 aromatic rings. The van der Waals surface area contributed by atoms with E-state index >= 15 is 0 Å². The largest absolute Gasteiger partial charge is 0.317 e. The summed E-state index contributed by atoms with van der Waals surface area (Å²) >= 11 is 3.37. The monoisotopic (exact) mass is 314 g/mol. The highest BCUT2D eigenvalue weighted by atomic mass is 79.9. The van der Waals surface area contributed by atoms with Crippen molar-refractivity contribution in [2.75, 3.05) is 19.6 Å². The molecule has 1 aliphatic rings. The highest BCUT2D eigenvalue weighted by Gasteiger charge is 2.12. The second-order valence-electron chi connectivity index (χ2n) is 4.89. The summed E-state index contributed by atoms with van der Waals surface area (Å²) in [5, 5.41) is 6.71. The smallest absolute Gasteiger partial charge is 0.127 e. The maximum absolute atomic E-state index is 13.5. The summed E-state index contributed by atoms with van der Waals surface area (Å²) in [6.07, 6.45) is 3.73. The van der Waals surface area contributed by atoms with Gasteiger partial charge >= 0.3 is 0 Å². The van der Waals surface area contributed by atoms with Gasteiger partial charge in [-0.1, -0.05) is 15.9 Å². The summed E-state index contributed by atoms with van der Waals surface area (Å²) in [5.41, 5.74) is 0.731. The van der Waals surface area contributed by atoms with E-state index in [1.54, 1.807) is 6.07 Å². The van der Waals surface area contributed by atoms with Gasteiger partial charge < -0.3 is 10.6 Å². The average molecular weight is 315 g/mol. The van der Waals surface area contributed by atoms with Gasteiger partial charge in [0, 0.05) is 16.6 Å². The second kappa shape index (κ2) is 7.22. The maximum Gasteiger partial charge on any atom is 0.127 e. The fourth-order valence-electron chi connectivity index (χ4n) is 2.38. The van der Waals surface area contributed by atoms with Gasteiger partial charge in [0.05, 0.1) is 0 Å². The van der Waals surface area contributed by atoms with E-state index in [2.05, 4.69) is 26.6 Å². The Morgan fingerprint density at radius 2 is 2.11 bits per heavy atom. The lowest BCUT2D eigenvalue weighted by Gasteiger charge is -2.22. The fourth-order valence-corrected chi connectivity index (χ4v) is 2.79. The van der Waals surface area contributed by atoms with Crippen LogP contribution in [0.2, 0.25) is 0 Å². The van der Waals surface area contributed by atoms with Gasteiger partial charge in [0.2, 0.25) is 0 Å². The summed E-state index contributed by atoms with van der Waals surface area (Å²) in [7, 11) is 0. The van der Waals surface area contributed by atoms with E-state index in [4.69, 9.17) is 0 Å². The molecule has 0 spiro atoms. The lowest BCUT2D eigenvalue weighted by Crippen LogP contribution is -2.29. The molecule has 2 N–H and O–H groups in total. The first-order valence-electron chi connectivity index (χ1n) is 6.61. The van der Waals surface area contributed by atoms with Crippen molar-refractivity contribution in [1.82, 2.24) is 10.6 Å². The summed E-state index contributed by atoms with van der Waals surface area (Å²) in [4.78, 5) is 0. The molecule has 0 aromatic heterocycles. The topological polar surface area (TPSA) is 24.1 Å². The molecule has 0 atom stereocenters. The molecule has 0 aliphatic carbocycles. The van der Waals surface area contributed by atoms with E-state index in [1.165, 1.54) is 25.3 Å². The third-order valence-corrected chi connectivity index (χ3v) is 4.00. The molecule has 0 saturated carbocycles. The zero-order valence-corrected chi connectivity index (χ0v) is 12.1. The van der Waals surface area contributed by atoms with Crippen molar-refractivity contribution in [3.63, 3.8) is 0 Å². The molecule has 18 heavy (non-hydrogen) atoms. The van der Waals surface area contributed by atoms with Gasteiger partial charge in [-0.15, -0.1) is 0 Å². The van der Waals surface area contributed by atoms with E-state index in [1.807, 2.05) is 6.07 Å². The van der Waals surface area contributed by atoms with Crippen LogP contribution in [0.3, 0.4) is 0 Å². The van der Waals surface area contributed by atoms with E-state index in [9.17, 15) is 4.39 Å². The van der Waals surface area contributed by atoms with Crippen LogP contribution in [0.25, 0.3) is 0 Å². The van der Waals surface area contributed by atoms with Crippen molar-refractivity contribution >= 4 is 15.9 Å². The van der Waals surface area contributed by atoms with Crippen LogP contribution in [0.5, 0.6) is 0 Å². The van der Waals surface area contributed by atoms with Crippen LogP contribution in [0.4, 0.5) is 4.39 Å². The molecule has 0 amide bonds. The zero-order chi connectivity index (χ0) is 12.8. The molecule has 0 unspecified atom stereocenters. The van der Waals surface area contributed by atoms with E-state index in [0.717, 1.165) is 35.6 Å². The lowest BCUT2D eigenvalue weighted by atomic mass is 9.95. The molecule has 0 radical (unpaired) electrons. The van der Waals surface area contributed by atoms with E-state index in [-0.39, 0.29) is 5.82 Å². The summed E-state index contributed by atoms with van der Waals surface area (Å²) in [5.74, 6) is 0.693. The lowest BCUT2D eigenvalue weighted by molar-refractivity contribution is 0.348. The standard InChI is InChI=1S/C14H20BrFN2/c15-13-1-2-14(16)12(9-13)10-18-8-5-11-3-6-17-7-4-11/h1-2,9,11,17-18H,3-8,10H2. The summed E-state index contributed by atoms with van der Waals surface area (Å²) in [6, 6.07) is 5.08. The first kappa shape index (κ1) is 14.0. The predicted molar refractivity (Wildman–Crippen MR) is 76.0 cm³/mol. The Morgan fingerprint density at radius 3 is 2.89 bits per heavy atom. The number of hydrogen-bond donors (Lipinski definition) is 2. The molecule has 1 saturated heterocycles. The molecule has 2 nitrogen and oxygen atoms in total. The Hall–Kier alpha value is -0.450. The molecule has 1 fully saturated rings. The minimum absolute atomic E-state index is 0.132. The Labute approximate surface area is 116 Å². The maximum atomic E-state index is 13.5. The highest BCUT2D eigenvalue weighted by molar-refractivity contribution is 9.10. The van der Waals surface area contributed by atoms with Crippen molar-refractivity contribution in [1.29, 1.82) is 0 Å². The molecular formula is C14H20BrFN2. The third kappa shape index (κ3) is 4.34. The van der Waals surface area contributed by atoms with Gasteiger partial charge in [-0.05, 0) is 63.0 Å². The van der Waals surface area contributed by atoms with Crippen LogP contribution in [0.15, 0.2) is 22.7 Å². The van der Waals surface area contributed by atoms with E-state index < -0.39 is 0 Å². The number of nitrogens with one attached hydrogen (secondary N) is 2. The molecule has 100 valence electrons.